The number of benzene rings is 1. The van der Waals surface area contributed by atoms with Crippen LogP contribution >= 0.6 is 0 Å². The molecular formula is C11H8N2. The van der Waals surface area contributed by atoms with Gasteiger partial charge in [-0.2, -0.15) is 0 Å². The van der Waals surface area contributed by atoms with Crippen molar-refractivity contribution >= 4 is 21.7 Å². The Morgan fingerprint density at radius 3 is 3.00 bits per heavy atom. The van der Waals surface area contributed by atoms with Crippen molar-refractivity contribution in [1.29, 1.82) is 0 Å². The Morgan fingerprint density at radius 2 is 2.00 bits per heavy atom. The third-order valence-corrected chi connectivity index (χ3v) is 2.33. The van der Waals surface area contributed by atoms with Crippen LogP contribution in [0.4, 0.5) is 0 Å². The molecule has 0 spiro atoms. The zero-order valence-electron chi connectivity index (χ0n) is 6.99. The molecule has 2 heterocycles. The summed E-state index contributed by atoms with van der Waals surface area (Å²) in [4.78, 5) is 7.40. The van der Waals surface area contributed by atoms with E-state index < -0.39 is 0 Å². The average molecular weight is 168 g/mol. The number of pyridine rings is 1. The first-order valence-electron chi connectivity index (χ1n) is 4.25. The molecule has 1 N–H and O–H groups in total. The summed E-state index contributed by atoms with van der Waals surface area (Å²) < 4.78 is 0. The van der Waals surface area contributed by atoms with E-state index >= 15 is 0 Å². The van der Waals surface area contributed by atoms with Crippen molar-refractivity contribution in [3.63, 3.8) is 0 Å². The number of hydrogen-bond donors (Lipinski definition) is 1. The van der Waals surface area contributed by atoms with E-state index in [0.29, 0.717) is 0 Å². The van der Waals surface area contributed by atoms with Crippen molar-refractivity contribution in [3.05, 3.63) is 42.9 Å². The number of hydrogen-bond acceptors (Lipinski definition) is 1. The van der Waals surface area contributed by atoms with Gasteiger partial charge in [-0.25, -0.2) is 0 Å². The van der Waals surface area contributed by atoms with E-state index in [-0.39, 0.29) is 0 Å². The quantitative estimate of drug-likeness (QED) is 0.549. The smallest absolute Gasteiger partial charge is 0.0708 e. The number of rotatable bonds is 0. The molecular weight excluding hydrogens is 160 g/mol. The molecule has 0 aliphatic carbocycles. The molecule has 62 valence electrons. The minimum absolute atomic E-state index is 1.05. The molecule has 2 aromatic heterocycles. The van der Waals surface area contributed by atoms with Gasteiger partial charge in [-0.1, -0.05) is 12.1 Å². The van der Waals surface area contributed by atoms with E-state index in [0.717, 1.165) is 5.52 Å². The summed E-state index contributed by atoms with van der Waals surface area (Å²) in [6.45, 7) is 0. The highest BCUT2D eigenvalue weighted by atomic mass is 14.7. The third-order valence-electron chi connectivity index (χ3n) is 2.33. The van der Waals surface area contributed by atoms with Crippen molar-refractivity contribution in [2.24, 2.45) is 0 Å². The second-order valence-electron chi connectivity index (χ2n) is 3.09. The molecule has 0 fully saturated rings. The van der Waals surface area contributed by atoms with Gasteiger partial charge in [0.25, 0.3) is 0 Å². The number of aromatic nitrogens is 2. The van der Waals surface area contributed by atoms with E-state index in [1.165, 1.54) is 16.2 Å². The van der Waals surface area contributed by atoms with Crippen LogP contribution in [0.15, 0.2) is 42.9 Å². The summed E-state index contributed by atoms with van der Waals surface area (Å²) in [6.07, 6.45) is 5.84. The van der Waals surface area contributed by atoms with Gasteiger partial charge in [-0.05, 0) is 17.5 Å². The summed E-state index contributed by atoms with van der Waals surface area (Å²) in [5.41, 5.74) is 1.05. The van der Waals surface area contributed by atoms with Gasteiger partial charge >= 0.3 is 0 Å². The molecule has 0 aliphatic heterocycles. The SMILES string of the molecule is c1cnc2ccc3c[nH]cc3c2c1. The van der Waals surface area contributed by atoms with Crippen molar-refractivity contribution in [2.45, 2.75) is 0 Å². The Kier molecular flexibility index (Phi) is 1.19. The Balaban J connectivity index is 2.65. The number of nitrogens with zero attached hydrogens (tertiary/aromatic N) is 1. The van der Waals surface area contributed by atoms with Gasteiger partial charge in [0, 0.05) is 29.4 Å². The molecule has 3 rings (SSSR count). The highest BCUT2D eigenvalue weighted by Gasteiger charge is 1.99. The molecule has 0 unspecified atom stereocenters. The summed E-state index contributed by atoms with van der Waals surface area (Å²) in [6, 6.07) is 8.19. The fraction of sp³-hybridized carbons (Fsp3) is 0. The van der Waals surface area contributed by atoms with Crippen molar-refractivity contribution in [1.82, 2.24) is 9.97 Å². The maximum Gasteiger partial charge on any atom is 0.0708 e. The first-order chi connectivity index (χ1) is 6.45. The van der Waals surface area contributed by atoms with Crippen LogP contribution in [0.5, 0.6) is 0 Å². The van der Waals surface area contributed by atoms with Crippen LogP contribution in [0.3, 0.4) is 0 Å². The largest absolute Gasteiger partial charge is 0.366 e. The van der Waals surface area contributed by atoms with Gasteiger partial charge in [0.05, 0.1) is 5.52 Å². The fourth-order valence-electron chi connectivity index (χ4n) is 1.69. The lowest BCUT2D eigenvalue weighted by Crippen LogP contribution is -1.76. The lowest BCUT2D eigenvalue weighted by atomic mass is 10.1. The second kappa shape index (κ2) is 2.33. The van der Waals surface area contributed by atoms with Gasteiger partial charge in [-0.15, -0.1) is 0 Å². The second-order valence-corrected chi connectivity index (χ2v) is 3.09. The van der Waals surface area contributed by atoms with Gasteiger partial charge < -0.3 is 4.98 Å². The van der Waals surface area contributed by atoms with E-state index in [1.54, 1.807) is 0 Å². The molecule has 0 amide bonds. The van der Waals surface area contributed by atoms with Gasteiger partial charge in [0.15, 0.2) is 0 Å². The molecule has 0 saturated heterocycles. The third kappa shape index (κ3) is 0.855. The highest BCUT2D eigenvalue weighted by molar-refractivity contribution is 6.05. The summed E-state index contributed by atoms with van der Waals surface area (Å²) in [7, 11) is 0. The van der Waals surface area contributed by atoms with Gasteiger partial charge in [-0.3, -0.25) is 4.98 Å². The maximum absolute atomic E-state index is 4.30. The van der Waals surface area contributed by atoms with Crippen molar-refractivity contribution in [3.8, 4) is 0 Å². The molecule has 2 heteroatoms. The fourth-order valence-corrected chi connectivity index (χ4v) is 1.69. The minimum atomic E-state index is 1.05. The summed E-state index contributed by atoms with van der Waals surface area (Å²) in [5.74, 6) is 0. The molecule has 0 bridgehead atoms. The van der Waals surface area contributed by atoms with Crippen molar-refractivity contribution < 1.29 is 0 Å². The zero-order valence-corrected chi connectivity index (χ0v) is 6.99. The van der Waals surface area contributed by atoms with Crippen LogP contribution < -0.4 is 0 Å². The summed E-state index contributed by atoms with van der Waals surface area (Å²) >= 11 is 0. The van der Waals surface area contributed by atoms with Crippen LogP contribution in [-0.2, 0) is 0 Å². The Morgan fingerprint density at radius 1 is 1.00 bits per heavy atom. The van der Waals surface area contributed by atoms with E-state index in [4.69, 9.17) is 0 Å². The molecule has 2 nitrogen and oxygen atoms in total. The lowest BCUT2D eigenvalue weighted by molar-refractivity contribution is 1.42. The predicted molar refractivity (Wildman–Crippen MR) is 53.6 cm³/mol. The van der Waals surface area contributed by atoms with Gasteiger partial charge in [0.1, 0.15) is 0 Å². The lowest BCUT2D eigenvalue weighted by Gasteiger charge is -1.96. The Bertz CT molecular complexity index is 566. The van der Waals surface area contributed by atoms with Crippen LogP contribution in [0.25, 0.3) is 21.7 Å². The molecule has 1 aromatic carbocycles. The van der Waals surface area contributed by atoms with Crippen molar-refractivity contribution in [2.75, 3.05) is 0 Å². The van der Waals surface area contributed by atoms with E-state index in [1.807, 2.05) is 30.7 Å². The van der Waals surface area contributed by atoms with Crippen LogP contribution in [0.1, 0.15) is 0 Å². The number of nitrogens with one attached hydrogen (secondary N) is 1. The molecule has 0 aliphatic rings. The van der Waals surface area contributed by atoms with Gasteiger partial charge in [0.2, 0.25) is 0 Å². The predicted octanol–water partition coefficient (Wildman–Crippen LogP) is 2.72. The van der Waals surface area contributed by atoms with Crippen LogP contribution in [0.2, 0.25) is 0 Å². The monoisotopic (exact) mass is 168 g/mol. The molecule has 0 saturated carbocycles. The Labute approximate surface area is 75.2 Å². The minimum Gasteiger partial charge on any atom is -0.366 e. The molecule has 3 aromatic rings. The normalized spacial score (nSPS) is 11.1. The average Bonchev–Trinajstić information content (AvgIpc) is 2.65. The molecule has 0 atom stereocenters. The molecule has 0 radical (unpaired) electrons. The first-order valence-corrected chi connectivity index (χ1v) is 4.25. The molecule has 13 heavy (non-hydrogen) atoms. The topological polar surface area (TPSA) is 28.7 Å². The number of aromatic amines is 1. The van der Waals surface area contributed by atoms with Crippen LogP contribution in [0, 0.1) is 0 Å². The van der Waals surface area contributed by atoms with E-state index in [9.17, 15) is 0 Å². The number of fused-ring (bicyclic) bond motifs is 3. The maximum atomic E-state index is 4.30. The number of H-pyrrole nitrogens is 1. The van der Waals surface area contributed by atoms with Crippen LogP contribution in [-0.4, -0.2) is 9.97 Å². The first kappa shape index (κ1) is 6.66. The van der Waals surface area contributed by atoms with E-state index in [2.05, 4.69) is 22.1 Å². The zero-order chi connectivity index (χ0) is 8.67. The Hall–Kier alpha value is -1.83. The standard InChI is InChI=1S/C11H8N2/c1-2-9-10-7-12-6-8(10)3-4-11(9)13-5-1/h1-7,12H. The highest BCUT2D eigenvalue weighted by Crippen LogP contribution is 2.22. The summed E-state index contributed by atoms with van der Waals surface area (Å²) in [5, 5.41) is 3.69.